The quantitative estimate of drug-likeness (QED) is 0.656. The highest BCUT2D eigenvalue weighted by Gasteiger charge is 2.08. The highest BCUT2D eigenvalue weighted by atomic mass is 35.5. The summed E-state index contributed by atoms with van der Waals surface area (Å²) in [7, 11) is 0. The average molecular weight is 255 g/mol. The molecule has 0 spiro atoms. The van der Waals surface area contributed by atoms with Gasteiger partial charge in [-0.3, -0.25) is 0 Å². The third-order valence-electron chi connectivity index (χ3n) is 2.58. The Kier molecular flexibility index (Phi) is 3.66. The van der Waals surface area contributed by atoms with Crippen LogP contribution in [0.2, 0.25) is 5.02 Å². The van der Waals surface area contributed by atoms with Crippen LogP contribution < -0.4 is 5.73 Å². The number of halogens is 1. The summed E-state index contributed by atoms with van der Waals surface area (Å²) in [6.07, 6.45) is 0. The number of nitriles is 1. The highest BCUT2D eigenvalue weighted by molar-refractivity contribution is 6.30. The van der Waals surface area contributed by atoms with Gasteiger partial charge in [-0.2, -0.15) is 5.26 Å². The van der Waals surface area contributed by atoms with E-state index in [2.05, 4.69) is 6.07 Å². The van der Waals surface area contributed by atoms with Crippen molar-refractivity contribution in [2.24, 2.45) is 5.73 Å². The summed E-state index contributed by atoms with van der Waals surface area (Å²) in [4.78, 5) is 0. The lowest BCUT2D eigenvalue weighted by Gasteiger charge is -2.06. The van der Waals surface area contributed by atoms with Gasteiger partial charge in [0.1, 0.15) is 6.07 Å². The van der Waals surface area contributed by atoms with Crippen molar-refractivity contribution >= 4 is 22.9 Å². The molecule has 0 aliphatic carbocycles. The molecule has 0 saturated carbocycles. The van der Waals surface area contributed by atoms with Crippen LogP contribution >= 0.6 is 11.6 Å². The van der Waals surface area contributed by atoms with Crippen molar-refractivity contribution in [3.05, 3.63) is 70.7 Å². The molecule has 2 aromatic carbocycles. The van der Waals surface area contributed by atoms with Crippen LogP contribution in [-0.2, 0) is 0 Å². The minimum atomic E-state index is 0.434. The summed E-state index contributed by atoms with van der Waals surface area (Å²) in [5, 5.41) is 9.86. The maximum Gasteiger partial charge on any atom is 0.102 e. The second-order valence-electron chi connectivity index (χ2n) is 3.78. The third kappa shape index (κ3) is 2.53. The Bertz CT molecular complexity index is 624. The van der Waals surface area contributed by atoms with Gasteiger partial charge in [-0.05, 0) is 23.3 Å². The smallest absolute Gasteiger partial charge is 0.102 e. The van der Waals surface area contributed by atoms with Gasteiger partial charge in [0.15, 0.2) is 0 Å². The van der Waals surface area contributed by atoms with E-state index in [9.17, 15) is 5.26 Å². The summed E-state index contributed by atoms with van der Waals surface area (Å²) in [5.74, 6) is 0. The number of nitrogens with two attached hydrogens (primary N) is 1. The first-order valence-electron chi connectivity index (χ1n) is 5.43. The molecule has 0 saturated heterocycles. The molecule has 0 radical (unpaired) electrons. The van der Waals surface area contributed by atoms with Crippen molar-refractivity contribution < 1.29 is 0 Å². The second kappa shape index (κ2) is 5.39. The van der Waals surface area contributed by atoms with Gasteiger partial charge in [0.05, 0.1) is 11.3 Å². The highest BCUT2D eigenvalue weighted by Crippen LogP contribution is 2.24. The van der Waals surface area contributed by atoms with Gasteiger partial charge in [-0.15, -0.1) is 0 Å². The monoisotopic (exact) mass is 254 g/mol. The van der Waals surface area contributed by atoms with Crippen molar-refractivity contribution in [3.8, 4) is 6.07 Å². The Hall–Kier alpha value is -2.24. The molecular weight excluding hydrogens is 244 g/mol. The zero-order valence-corrected chi connectivity index (χ0v) is 10.4. The standard InChI is InChI=1S/C15H11ClN2/c16-13-8-4-7-12(9-13)14(10-17)15(18)11-5-2-1-3-6-11/h1-9H,18H2/b15-14-. The molecule has 18 heavy (non-hydrogen) atoms. The zero-order valence-electron chi connectivity index (χ0n) is 9.60. The molecule has 0 fully saturated rings. The van der Waals surface area contributed by atoms with Gasteiger partial charge in [-0.1, -0.05) is 54.1 Å². The Morgan fingerprint density at radius 3 is 2.28 bits per heavy atom. The van der Waals surface area contributed by atoms with Crippen LogP contribution in [0.4, 0.5) is 0 Å². The first-order chi connectivity index (χ1) is 8.72. The van der Waals surface area contributed by atoms with Crippen LogP contribution in [0.5, 0.6) is 0 Å². The summed E-state index contributed by atoms with van der Waals surface area (Å²) in [6.45, 7) is 0. The minimum absolute atomic E-state index is 0.434. The molecule has 2 nitrogen and oxygen atoms in total. The van der Waals surface area contributed by atoms with Crippen molar-refractivity contribution in [3.63, 3.8) is 0 Å². The molecule has 2 N–H and O–H groups in total. The van der Waals surface area contributed by atoms with E-state index in [1.54, 1.807) is 18.2 Å². The van der Waals surface area contributed by atoms with Gasteiger partial charge >= 0.3 is 0 Å². The van der Waals surface area contributed by atoms with E-state index in [0.717, 1.165) is 11.1 Å². The fourth-order valence-electron chi connectivity index (χ4n) is 1.69. The van der Waals surface area contributed by atoms with Gasteiger partial charge in [0.2, 0.25) is 0 Å². The van der Waals surface area contributed by atoms with Crippen LogP contribution in [0.1, 0.15) is 11.1 Å². The van der Waals surface area contributed by atoms with Crippen LogP contribution in [-0.4, -0.2) is 0 Å². The van der Waals surface area contributed by atoms with E-state index < -0.39 is 0 Å². The molecule has 0 amide bonds. The summed E-state index contributed by atoms with van der Waals surface area (Å²) >= 11 is 5.92. The molecule has 0 heterocycles. The normalized spacial score (nSPS) is 11.6. The van der Waals surface area contributed by atoms with Crippen LogP contribution in [0.25, 0.3) is 11.3 Å². The lowest BCUT2D eigenvalue weighted by Crippen LogP contribution is -2.00. The van der Waals surface area contributed by atoms with Gasteiger partial charge in [0.25, 0.3) is 0 Å². The molecule has 0 aliphatic heterocycles. The number of rotatable bonds is 2. The molecule has 0 aromatic heterocycles. The lowest BCUT2D eigenvalue weighted by molar-refractivity contribution is 1.48. The molecule has 0 atom stereocenters. The molecule has 3 heteroatoms. The number of hydrogen-bond donors (Lipinski definition) is 1. The average Bonchev–Trinajstić information content (AvgIpc) is 2.40. The Morgan fingerprint density at radius 1 is 1.00 bits per heavy atom. The largest absolute Gasteiger partial charge is 0.397 e. The fourth-order valence-corrected chi connectivity index (χ4v) is 1.88. The van der Waals surface area contributed by atoms with Crippen LogP contribution in [0, 0.1) is 11.3 Å². The molecule has 0 unspecified atom stereocenters. The first-order valence-corrected chi connectivity index (χ1v) is 5.81. The zero-order chi connectivity index (χ0) is 13.0. The van der Waals surface area contributed by atoms with E-state index in [1.807, 2.05) is 36.4 Å². The van der Waals surface area contributed by atoms with Crippen molar-refractivity contribution in [2.45, 2.75) is 0 Å². The van der Waals surface area contributed by atoms with Crippen molar-refractivity contribution in [1.29, 1.82) is 5.26 Å². The SMILES string of the molecule is N#C/C(=C(/N)c1ccccc1)c1cccc(Cl)c1. The molecule has 2 aromatic rings. The number of allylic oxidation sites excluding steroid dienone is 1. The molecule has 2 rings (SSSR count). The van der Waals surface area contributed by atoms with E-state index in [0.29, 0.717) is 16.3 Å². The maximum atomic E-state index is 9.27. The van der Waals surface area contributed by atoms with Gasteiger partial charge in [0, 0.05) is 5.02 Å². The Balaban J connectivity index is 2.55. The fraction of sp³-hybridized carbons (Fsp3) is 0. The van der Waals surface area contributed by atoms with E-state index >= 15 is 0 Å². The van der Waals surface area contributed by atoms with Crippen LogP contribution in [0.15, 0.2) is 54.6 Å². The minimum Gasteiger partial charge on any atom is -0.397 e. The summed E-state index contributed by atoms with van der Waals surface area (Å²) in [6, 6.07) is 18.7. The molecule has 0 bridgehead atoms. The Labute approximate surface area is 111 Å². The third-order valence-corrected chi connectivity index (χ3v) is 2.81. The van der Waals surface area contributed by atoms with Gasteiger partial charge < -0.3 is 5.73 Å². The lowest BCUT2D eigenvalue weighted by atomic mass is 10.0. The van der Waals surface area contributed by atoms with Gasteiger partial charge in [-0.25, -0.2) is 0 Å². The predicted molar refractivity (Wildman–Crippen MR) is 74.5 cm³/mol. The Morgan fingerprint density at radius 2 is 1.67 bits per heavy atom. The first kappa shape index (κ1) is 12.2. The van der Waals surface area contributed by atoms with Crippen molar-refractivity contribution in [2.75, 3.05) is 0 Å². The topological polar surface area (TPSA) is 49.8 Å². The van der Waals surface area contributed by atoms with Crippen LogP contribution in [0.3, 0.4) is 0 Å². The number of nitrogens with zero attached hydrogens (tertiary/aromatic N) is 1. The molecule has 0 aliphatic rings. The summed E-state index contributed by atoms with van der Waals surface area (Å²) < 4.78 is 0. The molecular formula is C15H11ClN2. The maximum absolute atomic E-state index is 9.27. The molecule has 88 valence electrons. The van der Waals surface area contributed by atoms with E-state index in [1.165, 1.54) is 0 Å². The second-order valence-corrected chi connectivity index (χ2v) is 4.21. The predicted octanol–water partition coefficient (Wildman–Crippen LogP) is 3.69. The summed E-state index contributed by atoms with van der Waals surface area (Å²) in [5.41, 5.74) is 8.49. The number of hydrogen-bond acceptors (Lipinski definition) is 2. The van der Waals surface area contributed by atoms with Crippen molar-refractivity contribution in [1.82, 2.24) is 0 Å². The number of benzene rings is 2. The van der Waals surface area contributed by atoms with E-state index in [-0.39, 0.29) is 0 Å². The van der Waals surface area contributed by atoms with E-state index in [4.69, 9.17) is 17.3 Å².